The molecule has 0 bridgehead atoms. The molecule has 1 aliphatic heterocycles. The maximum Gasteiger partial charge on any atom is 0.243 e. The standard InChI is InChI=1S/C21H25NO4S/c1-16(23)19-9-6-10-20(15-19)27(24,25)22-13-11-18(12-14-22)21(26-2)17-7-4-3-5-8-17/h3-10,15,18,21H,11-14H2,1-2H3. The molecule has 1 aliphatic rings. The molecule has 0 aliphatic carbocycles. The van der Waals surface area contributed by atoms with Gasteiger partial charge in [0.1, 0.15) is 0 Å². The highest BCUT2D eigenvalue weighted by molar-refractivity contribution is 7.89. The second-order valence-corrected chi connectivity index (χ2v) is 8.83. The van der Waals surface area contributed by atoms with E-state index in [4.69, 9.17) is 4.74 Å². The lowest BCUT2D eigenvalue weighted by Crippen LogP contribution is -2.40. The highest BCUT2D eigenvalue weighted by Gasteiger charge is 2.33. The van der Waals surface area contributed by atoms with Crippen LogP contribution in [0.2, 0.25) is 0 Å². The second-order valence-electron chi connectivity index (χ2n) is 6.89. The molecule has 1 unspecified atom stereocenters. The van der Waals surface area contributed by atoms with E-state index in [1.807, 2.05) is 30.3 Å². The van der Waals surface area contributed by atoms with Gasteiger partial charge in [0.15, 0.2) is 5.78 Å². The number of rotatable bonds is 6. The van der Waals surface area contributed by atoms with Crippen LogP contribution in [-0.2, 0) is 14.8 Å². The predicted molar refractivity (Wildman–Crippen MR) is 104 cm³/mol. The quantitative estimate of drug-likeness (QED) is 0.710. The van der Waals surface area contributed by atoms with E-state index in [2.05, 4.69) is 0 Å². The number of Topliss-reactive ketones (excluding diaryl/α,β-unsaturated/α-hetero) is 1. The van der Waals surface area contributed by atoms with Crippen LogP contribution in [0.15, 0.2) is 59.5 Å². The van der Waals surface area contributed by atoms with E-state index in [1.54, 1.807) is 25.3 Å². The van der Waals surface area contributed by atoms with Gasteiger partial charge in [-0.3, -0.25) is 4.79 Å². The van der Waals surface area contributed by atoms with Crippen LogP contribution >= 0.6 is 0 Å². The molecule has 1 atom stereocenters. The van der Waals surface area contributed by atoms with Gasteiger partial charge < -0.3 is 4.74 Å². The molecule has 0 spiro atoms. The van der Waals surface area contributed by atoms with Gasteiger partial charge in [-0.25, -0.2) is 8.42 Å². The topological polar surface area (TPSA) is 63.7 Å². The summed E-state index contributed by atoms with van der Waals surface area (Å²) in [6.45, 7) is 2.33. The molecule has 5 nitrogen and oxygen atoms in total. The Morgan fingerprint density at radius 1 is 1.07 bits per heavy atom. The Balaban J connectivity index is 1.73. The van der Waals surface area contributed by atoms with Gasteiger partial charge in [-0.2, -0.15) is 4.31 Å². The number of hydrogen-bond acceptors (Lipinski definition) is 4. The summed E-state index contributed by atoms with van der Waals surface area (Å²) in [7, 11) is -1.90. The first-order valence-corrected chi connectivity index (χ1v) is 10.6. The van der Waals surface area contributed by atoms with E-state index < -0.39 is 10.0 Å². The summed E-state index contributed by atoms with van der Waals surface area (Å²) in [5, 5.41) is 0. The molecule has 0 radical (unpaired) electrons. The fourth-order valence-corrected chi connectivity index (χ4v) is 5.20. The molecule has 1 saturated heterocycles. The summed E-state index contributed by atoms with van der Waals surface area (Å²) in [6, 6.07) is 16.3. The molecule has 0 saturated carbocycles. The van der Waals surface area contributed by atoms with Gasteiger partial charge in [-0.15, -0.1) is 0 Å². The van der Waals surface area contributed by atoms with Crippen LogP contribution < -0.4 is 0 Å². The number of nitrogens with zero attached hydrogens (tertiary/aromatic N) is 1. The van der Waals surface area contributed by atoms with E-state index in [-0.39, 0.29) is 22.7 Å². The molecule has 0 aromatic heterocycles. The number of sulfonamides is 1. The van der Waals surface area contributed by atoms with Crippen molar-refractivity contribution in [3.63, 3.8) is 0 Å². The molecule has 1 heterocycles. The van der Waals surface area contributed by atoms with Crippen molar-refractivity contribution in [1.29, 1.82) is 0 Å². The Morgan fingerprint density at radius 3 is 2.33 bits per heavy atom. The van der Waals surface area contributed by atoms with Crippen LogP contribution in [0.3, 0.4) is 0 Å². The van der Waals surface area contributed by atoms with Crippen molar-refractivity contribution in [2.24, 2.45) is 5.92 Å². The summed E-state index contributed by atoms with van der Waals surface area (Å²) < 4.78 is 33.2. The number of carbonyl (C=O) groups is 1. The minimum absolute atomic E-state index is 0.0305. The van der Waals surface area contributed by atoms with Crippen molar-refractivity contribution in [2.45, 2.75) is 30.8 Å². The van der Waals surface area contributed by atoms with Crippen molar-refractivity contribution in [3.8, 4) is 0 Å². The second kappa shape index (κ2) is 8.33. The van der Waals surface area contributed by atoms with Gasteiger partial charge in [0.25, 0.3) is 0 Å². The number of methoxy groups -OCH3 is 1. The van der Waals surface area contributed by atoms with Crippen LogP contribution in [0, 0.1) is 5.92 Å². The Morgan fingerprint density at radius 2 is 1.74 bits per heavy atom. The minimum atomic E-state index is -3.60. The molecular formula is C21H25NO4S. The van der Waals surface area contributed by atoms with Gasteiger partial charge in [0, 0.05) is 25.8 Å². The SMILES string of the molecule is COC(c1ccccc1)C1CCN(S(=O)(=O)c2cccc(C(C)=O)c2)CC1. The summed E-state index contributed by atoms with van der Waals surface area (Å²) in [5.74, 6) is 0.129. The zero-order valence-electron chi connectivity index (χ0n) is 15.7. The van der Waals surface area contributed by atoms with Crippen LogP contribution in [0.25, 0.3) is 0 Å². The third kappa shape index (κ3) is 4.29. The van der Waals surface area contributed by atoms with Crippen LogP contribution in [0.1, 0.15) is 41.8 Å². The summed E-state index contributed by atoms with van der Waals surface area (Å²) in [6.07, 6.45) is 1.44. The molecule has 0 amide bonds. The van der Waals surface area contributed by atoms with E-state index in [0.717, 1.165) is 18.4 Å². The Hall–Kier alpha value is -2.02. The first-order valence-electron chi connectivity index (χ1n) is 9.12. The van der Waals surface area contributed by atoms with E-state index in [9.17, 15) is 13.2 Å². The van der Waals surface area contributed by atoms with Crippen LogP contribution in [0.5, 0.6) is 0 Å². The van der Waals surface area contributed by atoms with E-state index >= 15 is 0 Å². The lowest BCUT2D eigenvalue weighted by atomic mass is 9.88. The van der Waals surface area contributed by atoms with Crippen molar-refractivity contribution >= 4 is 15.8 Å². The van der Waals surface area contributed by atoms with Gasteiger partial charge in [-0.05, 0) is 43.4 Å². The minimum Gasteiger partial charge on any atom is -0.376 e. The van der Waals surface area contributed by atoms with Crippen molar-refractivity contribution in [2.75, 3.05) is 20.2 Å². The molecule has 27 heavy (non-hydrogen) atoms. The number of piperidine rings is 1. The normalized spacial score (nSPS) is 17.6. The highest BCUT2D eigenvalue weighted by Crippen LogP contribution is 2.34. The lowest BCUT2D eigenvalue weighted by Gasteiger charge is -2.35. The molecular weight excluding hydrogens is 362 g/mol. The fourth-order valence-electron chi connectivity index (χ4n) is 3.69. The van der Waals surface area contributed by atoms with Crippen molar-refractivity contribution in [3.05, 3.63) is 65.7 Å². The molecule has 1 fully saturated rings. The Kier molecular flexibility index (Phi) is 6.09. The first kappa shape index (κ1) is 19.7. The molecule has 6 heteroatoms. The molecule has 0 N–H and O–H groups in total. The first-order chi connectivity index (χ1) is 12.9. The van der Waals surface area contributed by atoms with Gasteiger partial charge in [-0.1, -0.05) is 42.5 Å². The third-order valence-corrected chi connectivity index (χ3v) is 7.08. The zero-order chi connectivity index (χ0) is 19.4. The molecule has 3 rings (SSSR count). The van der Waals surface area contributed by atoms with Gasteiger partial charge in [0.2, 0.25) is 10.0 Å². The number of benzene rings is 2. The number of hydrogen-bond donors (Lipinski definition) is 0. The Bertz CT molecular complexity index is 887. The van der Waals surface area contributed by atoms with Crippen molar-refractivity contribution in [1.82, 2.24) is 4.31 Å². The van der Waals surface area contributed by atoms with Crippen LogP contribution in [0.4, 0.5) is 0 Å². The smallest absolute Gasteiger partial charge is 0.243 e. The average Bonchev–Trinajstić information content (AvgIpc) is 2.70. The Labute approximate surface area is 161 Å². The number of ether oxygens (including phenoxy) is 1. The summed E-state index contributed by atoms with van der Waals surface area (Å²) in [4.78, 5) is 11.7. The maximum absolute atomic E-state index is 13.0. The summed E-state index contributed by atoms with van der Waals surface area (Å²) >= 11 is 0. The zero-order valence-corrected chi connectivity index (χ0v) is 16.5. The number of carbonyl (C=O) groups excluding carboxylic acids is 1. The fraction of sp³-hybridized carbons (Fsp3) is 0.381. The van der Waals surface area contributed by atoms with Gasteiger partial charge in [0.05, 0.1) is 11.0 Å². The predicted octanol–water partition coefficient (Wildman–Crippen LogP) is 3.68. The summed E-state index contributed by atoms with van der Waals surface area (Å²) in [5.41, 5.74) is 1.53. The lowest BCUT2D eigenvalue weighted by molar-refractivity contribution is 0.0303. The van der Waals surface area contributed by atoms with Crippen LogP contribution in [-0.4, -0.2) is 38.7 Å². The van der Waals surface area contributed by atoms with Crippen molar-refractivity contribution < 1.29 is 17.9 Å². The largest absolute Gasteiger partial charge is 0.376 e. The third-order valence-electron chi connectivity index (χ3n) is 5.19. The monoisotopic (exact) mass is 387 g/mol. The molecule has 2 aromatic rings. The van der Waals surface area contributed by atoms with E-state index in [0.29, 0.717) is 18.7 Å². The molecule has 144 valence electrons. The van der Waals surface area contributed by atoms with E-state index in [1.165, 1.54) is 17.3 Å². The maximum atomic E-state index is 13.0. The van der Waals surface area contributed by atoms with Gasteiger partial charge >= 0.3 is 0 Å². The molecule has 2 aromatic carbocycles. The number of ketones is 1. The highest BCUT2D eigenvalue weighted by atomic mass is 32.2. The average molecular weight is 388 g/mol.